The van der Waals surface area contributed by atoms with Gasteiger partial charge in [-0.25, -0.2) is 0 Å². The van der Waals surface area contributed by atoms with Gasteiger partial charge < -0.3 is 9.47 Å². The summed E-state index contributed by atoms with van der Waals surface area (Å²) in [6.45, 7) is 0. The molecule has 2 aromatic rings. The molecular formula is C49H46N4O2S2. The lowest BCUT2D eigenvalue weighted by Gasteiger charge is -2.47. The van der Waals surface area contributed by atoms with Crippen molar-refractivity contribution in [3.63, 3.8) is 0 Å². The zero-order valence-electron chi connectivity index (χ0n) is 32.4. The molecule has 57 heavy (non-hydrogen) atoms. The SMILES string of the molecule is N#CC(C#N)=C1C=C(c2cc3c(s2)C2=CC4C=C5OC6(CCCCC6)c6cc(C7=CC(=C(C#N)C#N)CCC7)sc6C5CC4C=C2OC2CCCCC2C3)CCC1. The van der Waals surface area contributed by atoms with Crippen LogP contribution < -0.4 is 0 Å². The fourth-order valence-corrected chi connectivity index (χ4v) is 13.9. The lowest BCUT2D eigenvalue weighted by atomic mass is 9.69. The first kappa shape index (κ1) is 36.5. The van der Waals surface area contributed by atoms with Gasteiger partial charge in [-0.3, -0.25) is 0 Å². The highest BCUT2D eigenvalue weighted by Crippen LogP contribution is 2.59. The van der Waals surface area contributed by atoms with Crippen LogP contribution in [0.4, 0.5) is 0 Å². The predicted octanol–water partition coefficient (Wildman–Crippen LogP) is 12.5. The number of nitriles is 4. The Morgan fingerprint density at radius 2 is 1.40 bits per heavy atom. The van der Waals surface area contributed by atoms with E-state index in [-0.39, 0.29) is 34.7 Å². The van der Waals surface area contributed by atoms with Crippen molar-refractivity contribution < 1.29 is 9.47 Å². The van der Waals surface area contributed by atoms with Crippen LogP contribution in [0, 0.1) is 63.1 Å². The van der Waals surface area contributed by atoms with Crippen LogP contribution in [0.2, 0.25) is 0 Å². The second-order valence-electron chi connectivity index (χ2n) is 17.4. The first-order valence-corrected chi connectivity index (χ1v) is 22.9. The third-order valence-corrected chi connectivity index (χ3v) is 16.7. The highest BCUT2D eigenvalue weighted by atomic mass is 32.1. The maximum absolute atomic E-state index is 9.64. The van der Waals surface area contributed by atoms with Crippen molar-refractivity contribution in [2.75, 3.05) is 0 Å². The van der Waals surface area contributed by atoms with E-state index in [1.807, 2.05) is 22.7 Å². The summed E-state index contributed by atoms with van der Waals surface area (Å²) in [7, 11) is 0. The molecule has 8 aliphatic rings. The molecule has 6 nitrogen and oxygen atoms in total. The van der Waals surface area contributed by atoms with E-state index < -0.39 is 0 Å². The number of rotatable bonds is 2. The van der Waals surface area contributed by atoms with E-state index in [0.29, 0.717) is 11.8 Å². The molecule has 0 N–H and O–H groups in total. The van der Waals surface area contributed by atoms with Crippen molar-refractivity contribution in [3.8, 4) is 24.3 Å². The first-order valence-electron chi connectivity index (χ1n) is 21.2. The Morgan fingerprint density at radius 3 is 2.11 bits per heavy atom. The van der Waals surface area contributed by atoms with E-state index in [1.165, 1.54) is 85.9 Å². The fourth-order valence-electron chi connectivity index (χ4n) is 11.2. The molecule has 0 aromatic carbocycles. The summed E-state index contributed by atoms with van der Waals surface area (Å²) in [6.07, 6.45) is 29.7. The molecule has 2 saturated carbocycles. The summed E-state index contributed by atoms with van der Waals surface area (Å²) in [4.78, 5) is 5.30. The average Bonchev–Trinajstić information content (AvgIpc) is 3.88. The van der Waals surface area contributed by atoms with Crippen LogP contribution in [-0.4, -0.2) is 6.10 Å². The van der Waals surface area contributed by atoms with Gasteiger partial charge in [-0.15, -0.1) is 22.7 Å². The highest BCUT2D eigenvalue weighted by molar-refractivity contribution is 7.14. The van der Waals surface area contributed by atoms with E-state index in [4.69, 9.17) is 9.47 Å². The summed E-state index contributed by atoms with van der Waals surface area (Å²) >= 11 is 3.80. The number of thiophene rings is 2. The molecule has 0 amide bonds. The van der Waals surface area contributed by atoms with E-state index in [1.54, 1.807) is 0 Å². The van der Waals surface area contributed by atoms with E-state index >= 15 is 0 Å². The van der Waals surface area contributed by atoms with Crippen LogP contribution in [0.1, 0.15) is 139 Å². The highest BCUT2D eigenvalue weighted by Gasteiger charge is 2.49. The van der Waals surface area contributed by atoms with Gasteiger partial charge in [-0.05, 0) is 160 Å². The maximum Gasteiger partial charge on any atom is 0.135 e. The molecule has 0 bridgehead atoms. The van der Waals surface area contributed by atoms with Gasteiger partial charge in [0.2, 0.25) is 0 Å². The van der Waals surface area contributed by atoms with E-state index in [2.05, 4.69) is 66.8 Å². The molecule has 2 fully saturated rings. The fraction of sp³-hybridized carbons (Fsp3) is 0.469. The lowest BCUT2D eigenvalue weighted by Crippen LogP contribution is -2.39. The number of hydrogen-bond acceptors (Lipinski definition) is 8. The summed E-state index contributed by atoms with van der Waals surface area (Å²) in [5.74, 6) is 3.39. The van der Waals surface area contributed by atoms with Gasteiger partial charge in [0.05, 0.1) is 5.92 Å². The van der Waals surface area contributed by atoms with Gasteiger partial charge in [0, 0.05) is 36.6 Å². The van der Waals surface area contributed by atoms with Gasteiger partial charge in [0.15, 0.2) is 0 Å². The molecular weight excluding hydrogens is 741 g/mol. The molecule has 286 valence electrons. The number of nitrogens with zero attached hydrogens (tertiary/aromatic N) is 4. The molecule has 1 spiro atoms. The molecule has 0 saturated heterocycles. The van der Waals surface area contributed by atoms with E-state index in [0.717, 1.165) is 93.3 Å². The molecule has 2 aromatic heterocycles. The summed E-state index contributed by atoms with van der Waals surface area (Å²) in [5.41, 5.74) is 8.45. The summed E-state index contributed by atoms with van der Waals surface area (Å²) in [5, 5.41) is 38.6. The molecule has 8 heteroatoms. The quantitative estimate of drug-likeness (QED) is 0.280. The smallest absolute Gasteiger partial charge is 0.135 e. The van der Waals surface area contributed by atoms with E-state index in [9.17, 15) is 21.0 Å². The van der Waals surface area contributed by atoms with Crippen LogP contribution >= 0.6 is 22.7 Å². The zero-order chi connectivity index (χ0) is 38.7. The number of allylic oxidation sites excluding steroid dienone is 13. The molecule has 4 heterocycles. The Morgan fingerprint density at radius 1 is 0.719 bits per heavy atom. The van der Waals surface area contributed by atoms with Crippen LogP contribution in [0.25, 0.3) is 16.7 Å². The van der Waals surface area contributed by atoms with Crippen molar-refractivity contribution >= 4 is 39.4 Å². The topological polar surface area (TPSA) is 114 Å². The Hall–Kier alpha value is -4.86. The normalized spacial score (nSPS) is 28.1. The molecule has 2 aliphatic heterocycles. The number of ether oxygens (including phenoxy) is 2. The Labute approximate surface area is 344 Å². The van der Waals surface area contributed by atoms with Crippen LogP contribution in [-0.2, 0) is 21.5 Å². The predicted molar refractivity (Wildman–Crippen MR) is 224 cm³/mol. The van der Waals surface area contributed by atoms with Gasteiger partial charge in [-0.1, -0.05) is 31.1 Å². The minimum Gasteiger partial charge on any atom is -0.490 e. The Bertz CT molecular complexity index is 2410. The monoisotopic (exact) mass is 786 g/mol. The van der Waals surface area contributed by atoms with Gasteiger partial charge in [-0.2, -0.15) is 21.0 Å². The summed E-state index contributed by atoms with van der Waals surface area (Å²) < 4.78 is 14.5. The summed E-state index contributed by atoms with van der Waals surface area (Å²) in [6, 6.07) is 13.4. The zero-order valence-corrected chi connectivity index (χ0v) is 34.0. The molecule has 10 rings (SSSR count). The Kier molecular flexibility index (Phi) is 9.48. The van der Waals surface area contributed by atoms with Crippen LogP contribution in [0.15, 0.2) is 76.3 Å². The number of fused-ring (bicyclic) bond motifs is 9. The second kappa shape index (κ2) is 14.8. The molecule has 6 aliphatic carbocycles. The van der Waals surface area contributed by atoms with Crippen molar-refractivity contribution in [2.45, 2.75) is 127 Å². The Balaban J connectivity index is 1.06. The third-order valence-electron chi connectivity index (χ3n) is 14.1. The average molecular weight is 787 g/mol. The molecule has 0 radical (unpaired) electrons. The van der Waals surface area contributed by atoms with Gasteiger partial charge >= 0.3 is 0 Å². The largest absolute Gasteiger partial charge is 0.490 e. The van der Waals surface area contributed by atoms with Crippen molar-refractivity contribution in [1.29, 1.82) is 21.0 Å². The van der Waals surface area contributed by atoms with Crippen LogP contribution in [0.3, 0.4) is 0 Å². The minimum absolute atomic E-state index is 0.194. The van der Waals surface area contributed by atoms with Crippen molar-refractivity contribution in [3.05, 3.63) is 107 Å². The molecule has 5 atom stereocenters. The van der Waals surface area contributed by atoms with Crippen LogP contribution in [0.5, 0.6) is 0 Å². The minimum atomic E-state index is -0.300. The third kappa shape index (κ3) is 6.38. The van der Waals surface area contributed by atoms with Crippen molar-refractivity contribution in [1.82, 2.24) is 0 Å². The second-order valence-corrected chi connectivity index (χ2v) is 19.6. The lowest BCUT2D eigenvalue weighted by molar-refractivity contribution is -0.0548. The van der Waals surface area contributed by atoms with Crippen molar-refractivity contribution in [2.24, 2.45) is 17.8 Å². The maximum atomic E-state index is 9.64. The first-order chi connectivity index (χ1) is 28.0. The van der Waals surface area contributed by atoms with Gasteiger partial charge in [0.25, 0.3) is 0 Å². The number of hydrogen-bond donors (Lipinski definition) is 0. The standard InChI is InChI=1S/C49H46N4O2S2/c50-25-37(26-51)29-9-6-11-32(16-29)45-23-36-18-31-8-2-3-13-42(31)54-43-21-34-20-40-44(22-35(34)19-39(43)47(36)56-45)55-49(14-4-1-5-15-49)41-24-46(57-48(40)41)33-12-7-10-30(17-33)38(27-52)28-53/h16-17,19,21-24,31,34-35,40,42H,1-15,18,20H2. The molecule has 5 unspecified atom stereocenters. The van der Waals surface area contributed by atoms with Gasteiger partial charge in [0.1, 0.15) is 58.6 Å².